The molecule has 0 heterocycles. The molecule has 2 aromatic rings. The van der Waals surface area contributed by atoms with Gasteiger partial charge in [0, 0.05) is 5.92 Å². The Kier molecular flexibility index (Phi) is 2.53. The van der Waals surface area contributed by atoms with Crippen molar-refractivity contribution in [3.8, 4) is 0 Å². The maximum atomic E-state index is 13.8. The van der Waals surface area contributed by atoms with Crippen LogP contribution < -0.4 is 0 Å². The van der Waals surface area contributed by atoms with Gasteiger partial charge in [0.1, 0.15) is 5.82 Å². The molecule has 2 aliphatic carbocycles. The Morgan fingerprint density at radius 2 is 1.80 bits per heavy atom. The van der Waals surface area contributed by atoms with E-state index in [1.807, 2.05) is 6.07 Å². The number of aryl methyl sites for hydroxylation is 1. The number of rotatable bonds is 2. The Balaban J connectivity index is 1.68. The van der Waals surface area contributed by atoms with Crippen LogP contribution in [0.1, 0.15) is 33.8 Å². The van der Waals surface area contributed by atoms with Crippen LogP contribution in [0, 0.1) is 17.7 Å². The third-order valence-electron chi connectivity index (χ3n) is 4.77. The zero-order chi connectivity index (χ0) is 13.7. The van der Waals surface area contributed by atoms with Gasteiger partial charge in [-0.1, -0.05) is 36.4 Å². The van der Waals surface area contributed by atoms with Crippen molar-refractivity contribution in [1.82, 2.24) is 0 Å². The summed E-state index contributed by atoms with van der Waals surface area (Å²) >= 11 is 0. The lowest BCUT2D eigenvalue weighted by Crippen LogP contribution is -2.06. The predicted molar refractivity (Wildman–Crippen MR) is 75.2 cm³/mol. The normalized spacial score (nSPS) is 26.6. The summed E-state index contributed by atoms with van der Waals surface area (Å²) in [5.74, 6) is 0.295. The summed E-state index contributed by atoms with van der Waals surface area (Å²) in [5, 5.41) is 0. The molecule has 0 amide bonds. The molecule has 2 heteroatoms. The van der Waals surface area contributed by atoms with Gasteiger partial charge in [-0.15, -0.1) is 0 Å². The van der Waals surface area contributed by atoms with Gasteiger partial charge in [0.25, 0.3) is 0 Å². The highest BCUT2D eigenvalue weighted by molar-refractivity contribution is 6.01. The quantitative estimate of drug-likeness (QED) is 0.751. The van der Waals surface area contributed by atoms with E-state index in [0.717, 1.165) is 12.8 Å². The van der Waals surface area contributed by atoms with E-state index in [1.54, 1.807) is 18.2 Å². The highest BCUT2D eigenvalue weighted by Crippen LogP contribution is 2.60. The van der Waals surface area contributed by atoms with E-state index >= 15 is 0 Å². The topological polar surface area (TPSA) is 17.1 Å². The van der Waals surface area contributed by atoms with Crippen LogP contribution >= 0.6 is 0 Å². The lowest BCUT2D eigenvalue weighted by atomic mass is 9.92. The molecular formula is C18H15FO. The summed E-state index contributed by atoms with van der Waals surface area (Å²) < 4.78 is 13.8. The first kappa shape index (κ1) is 11.8. The molecule has 1 fully saturated rings. The van der Waals surface area contributed by atoms with Gasteiger partial charge in [-0.3, -0.25) is 4.79 Å². The number of fused-ring (bicyclic) bond motifs is 3. The monoisotopic (exact) mass is 266 g/mol. The van der Waals surface area contributed by atoms with Crippen LogP contribution in [0.15, 0.2) is 48.5 Å². The minimum atomic E-state index is -0.394. The molecule has 0 bridgehead atoms. The smallest absolute Gasteiger partial charge is 0.169 e. The van der Waals surface area contributed by atoms with Gasteiger partial charge in [-0.25, -0.2) is 4.39 Å². The van der Waals surface area contributed by atoms with Crippen molar-refractivity contribution in [1.29, 1.82) is 0 Å². The SMILES string of the molecule is O=C(c1ccccc1F)C1C2CCc3ccccc3C21. The standard InChI is InChI=1S/C18H15FO/c19-15-8-4-3-7-13(15)18(20)17-14-10-9-11-5-1-2-6-12(11)16(14)17/h1-8,14,16-17H,9-10H2. The van der Waals surface area contributed by atoms with Crippen LogP contribution in [-0.2, 0) is 6.42 Å². The zero-order valence-electron chi connectivity index (χ0n) is 11.1. The molecule has 0 N–H and O–H groups in total. The van der Waals surface area contributed by atoms with Crippen LogP contribution in [-0.4, -0.2) is 5.78 Å². The van der Waals surface area contributed by atoms with Crippen molar-refractivity contribution >= 4 is 5.78 Å². The molecule has 1 saturated carbocycles. The molecule has 20 heavy (non-hydrogen) atoms. The van der Waals surface area contributed by atoms with Crippen molar-refractivity contribution in [2.24, 2.45) is 11.8 Å². The first-order valence-corrected chi connectivity index (χ1v) is 7.14. The Morgan fingerprint density at radius 3 is 2.65 bits per heavy atom. The molecular weight excluding hydrogens is 251 g/mol. The van der Waals surface area contributed by atoms with Crippen LogP contribution in [0.3, 0.4) is 0 Å². The molecule has 4 rings (SSSR count). The van der Waals surface area contributed by atoms with Gasteiger partial charge in [0.2, 0.25) is 0 Å². The highest BCUT2D eigenvalue weighted by Gasteiger charge is 2.57. The molecule has 0 aromatic heterocycles. The average Bonchev–Trinajstić information content (AvgIpc) is 3.22. The number of carbonyl (C=O) groups is 1. The predicted octanol–water partition coefficient (Wildman–Crippen LogP) is 3.98. The average molecular weight is 266 g/mol. The summed E-state index contributed by atoms with van der Waals surface area (Å²) in [6, 6.07) is 14.7. The number of benzene rings is 2. The number of Topliss-reactive ketones (excluding diaryl/α,β-unsaturated/α-hetero) is 1. The van der Waals surface area contributed by atoms with Crippen molar-refractivity contribution in [2.75, 3.05) is 0 Å². The molecule has 0 saturated heterocycles. The van der Waals surface area contributed by atoms with Crippen LogP contribution in [0.4, 0.5) is 4.39 Å². The second kappa shape index (κ2) is 4.27. The van der Waals surface area contributed by atoms with Crippen molar-refractivity contribution in [3.05, 3.63) is 71.0 Å². The molecule has 0 radical (unpaired) electrons. The van der Waals surface area contributed by atoms with Crippen LogP contribution in [0.5, 0.6) is 0 Å². The Bertz CT molecular complexity index is 691. The zero-order valence-corrected chi connectivity index (χ0v) is 11.1. The Labute approximate surface area is 117 Å². The maximum absolute atomic E-state index is 13.8. The van der Waals surface area contributed by atoms with Gasteiger partial charge in [-0.2, -0.15) is 0 Å². The number of hydrogen-bond acceptors (Lipinski definition) is 1. The van der Waals surface area contributed by atoms with Gasteiger partial charge in [-0.05, 0) is 47.9 Å². The van der Waals surface area contributed by atoms with Crippen molar-refractivity contribution < 1.29 is 9.18 Å². The van der Waals surface area contributed by atoms with E-state index in [1.165, 1.54) is 17.2 Å². The molecule has 1 nitrogen and oxygen atoms in total. The van der Waals surface area contributed by atoms with Gasteiger partial charge in [0.15, 0.2) is 5.78 Å². The van der Waals surface area contributed by atoms with E-state index in [0.29, 0.717) is 11.8 Å². The fourth-order valence-corrected chi connectivity index (χ4v) is 3.76. The number of ketones is 1. The van der Waals surface area contributed by atoms with E-state index in [-0.39, 0.29) is 17.3 Å². The molecule has 2 aromatic carbocycles. The van der Waals surface area contributed by atoms with Gasteiger partial charge < -0.3 is 0 Å². The van der Waals surface area contributed by atoms with Crippen molar-refractivity contribution in [3.63, 3.8) is 0 Å². The van der Waals surface area contributed by atoms with Crippen LogP contribution in [0.25, 0.3) is 0 Å². The van der Waals surface area contributed by atoms with Gasteiger partial charge >= 0.3 is 0 Å². The Morgan fingerprint density at radius 1 is 1.05 bits per heavy atom. The first-order valence-electron chi connectivity index (χ1n) is 7.14. The summed E-state index contributed by atoms with van der Waals surface area (Å²) in [5.41, 5.74) is 2.92. The summed E-state index contributed by atoms with van der Waals surface area (Å²) in [4.78, 5) is 12.6. The second-order valence-corrected chi connectivity index (χ2v) is 5.80. The molecule has 100 valence electrons. The van der Waals surface area contributed by atoms with Gasteiger partial charge in [0.05, 0.1) is 5.56 Å². The fourth-order valence-electron chi connectivity index (χ4n) is 3.76. The second-order valence-electron chi connectivity index (χ2n) is 5.80. The number of carbonyl (C=O) groups excluding carboxylic acids is 1. The van der Waals surface area contributed by atoms with Crippen LogP contribution in [0.2, 0.25) is 0 Å². The maximum Gasteiger partial charge on any atom is 0.169 e. The molecule has 2 aliphatic rings. The molecule has 3 unspecified atom stereocenters. The van der Waals surface area contributed by atoms with E-state index in [4.69, 9.17) is 0 Å². The molecule has 3 atom stereocenters. The summed E-state index contributed by atoms with van der Waals surface area (Å²) in [7, 11) is 0. The highest BCUT2D eigenvalue weighted by atomic mass is 19.1. The molecule has 0 spiro atoms. The summed E-state index contributed by atoms with van der Waals surface area (Å²) in [6.07, 6.45) is 2.09. The fraction of sp³-hybridized carbons (Fsp3) is 0.278. The largest absolute Gasteiger partial charge is 0.294 e. The third-order valence-corrected chi connectivity index (χ3v) is 4.77. The number of halogens is 1. The van der Waals surface area contributed by atoms with E-state index in [2.05, 4.69) is 18.2 Å². The minimum absolute atomic E-state index is 0.0180. The van der Waals surface area contributed by atoms with E-state index < -0.39 is 5.82 Å². The lowest BCUT2D eigenvalue weighted by Gasteiger charge is -2.13. The third kappa shape index (κ3) is 1.64. The van der Waals surface area contributed by atoms with E-state index in [9.17, 15) is 9.18 Å². The lowest BCUT2D eigenvalue weighted by molar-refractivity contribution is 0.0955. The molecule has 0 aliphatic heterocycles. The number of hydrogen-bond donors (Lipinski definition) is 0. The first-order chi connectivity index (χ1) is 9.77. The summed E-state index contributed by atoms with van der Waals surface area (Å²) in [6.45, 7) is 0. The Hall–Kier alpha value is -1.96. The van der Waals surface area contributed by atoms with Crippen molar-refractivity contribution in [2.45, 2.75) is 18.8 Å². The minimum Gasteiger partial charge on any atom is -0.294 e.